The van der Waals surface area contributed by atoms with E-state index >= 15 is 0 Å². The van der Waals surface area contributed by atoms with Crippen molar-refractivity contribution in [1.82, 2.24) is 4.72 Å². The van der Waals surface area contributed by atoms with Gasteiger partial charge in [0.2, 0.25) is 10.0 Å². The number of carbonyl (C=O) groups is 1. The van der Waals surface area contributed by atoms with E-state index < -0.39 is 16.0 Å². The molecule has 0 atom stereocenters. The second-order valence-electron chi connectivity index (χ2n) is 3.86. The Labute approximate surface area is 118 Å². The van der Waals surface area contributed by atoms with Gasteiger partial charge in [-0.3, -0.25) is 4.79 Å². The minimum absolute atomic E-state index is 0.0136. The zero-order valence-corrected chi connectivity index (χ0v) is 12.2. The maximum absolute atomic E-state index is 12.0. The van der Waals surface area contributed by atoms with Crippen LogP contribution < -0.4 is 15.2 Å². The van der Waals surface area contributed by atoms with Crippen LogP contribution in [0.25, 0.3) is 0 Å². The predicted octanol–water partition coefficient (Wildman–Crippen LogP) is 0.509. The highest BCUT2D eigenvalue weighted by Gasteiger charge is 2.16. The molecule has 0 aromatic heterocycles. The molecule has 1 aromatic carbocycles. The molecule has 1 rings (SSSR count). The van der Waals surface area contributed by atoms with Crippen LogP contribution in [0.4, 0.5) is 5.69 Å². The molecule has 0 aliphatic rings. The second-order valence-corrected chi connectivity index (χ2v) is 5.62. The summed E-state index contributed by atoms with van der Waals surface area (Å²) < 4.78 is 35.9. The van der Waals surface area contributed by atoms with E-state index in [4.69, 9.17) is 15.2 Å². The van der Waals surface area contributed by atoms with E-state index in [0.717, 1.165) is 0 Å². The van der Waals surface area contributed by atoms with Gasteiger partial charge >= 0.3 is 5.97 Å². The Balaban J connectivity index is 2.69. The lowest BCUT2D eigenvalue weighted by Gasteiger charge is -2.09. The van der Waals surface area contributed by atoms with E-state index in [9.17, 15) is 13.2 Å². The molecule has 0 saturated carbocycles. The first-order valence-corrected chi connectivity index (χ1v) is 7.47. The predicted molar refractivity (Wildman–Crippen MR) is 73.8 cm³/mol. The first-order valence-electron chi connectivity index (χ1n) is 5.99. The Hall–Kier alpha value is -1.80. The molecule has 0 amide bonds. The van der Waals surface area contributed by atoms with E-state index in [2.05, 4.69) is 4.72 Å². The molecular formula is C12H18N2O5S. The number of benzene rings is 1. The number of nitrogens with two attached hydrogens (primary N) is 1. The average Bonchev–Trinajstić information content (AvgIpc) is 2.38. The lowest BCUT2D eigenvalue weighted by atomic mass is 10.3. The lowest BCUT2D eigenvalue weighted by Crippen LogP contribution is -2.26. The van der Waals surface area contributed by atoms with Gasteiger partial charge in [-0.15, -0.1) is 0 Å². The molecule has 0 bridgehead atoms. The van der Waals surface area contributed by atoms with E-state index in [1.807, 2.05) is 0 Å². The number of sulfonamides is 1. The number of hydrogen-bond donors (Lipinski definition) is 2. The van der Waals surface area contributed by atoms with Crippen molar-refractivity contribution in [2.24, 2.45) is 0 Å². The summed E-state index contributed by atoms with van der Waals surface area (Å²) in [5.41, 5.74) is 5.88. The molecule has 20 heavy (non-hydrogen) atoms. The van der Waals surface area contributed by atoms with Crippen LogP contribution >= 0.6 is 0 Å². The fourth-order valence-electron chi connectivity index (χ4n) is 1.48. The highest BCUT2D eigenvalue weighted by molar-refractivity contribution is 7.89. The Kier molecular flexibility index (Phi) is 5.78. The van der Waals surface area contributed by atoms with Gasteiger partial charge in [-0.25, -0.2) is 13.1 Å². The molecule has 0 aliphatic heterocycles. The number of anilines is 1. The second kappa shape index (κ2) is 7.11. The van der Waals surface area contributed by atoms with Gasteiger partial charge in [0.15, 0.2) is 0 Å². The Morgan fingerprint density at radius 3 is 2.65 bits per heavy atom. The van der Waals surface area contributed by atoms with Crippen LogP contribution in [-0.4, -0.2) is 34.6 Å². The van der Waals surface area contributed by atoms with Crippen molar-refractivity contribution in [2.45, 2.75) is 18.2 Å². The van der Waals surface area contributed by atoms with Crippen molar-refractivity contribution >= 4 is 21.7 Å². The van der Waals surface area contributed by atoms with Crippen LogP contribution in [0.15, 0.2) is 23.1 Å². The number of nitrogen functional groups attached to an aromatic ring is 1. The molecule has 0 radical (unpaired) electrons. The van der Waals surface area contributed by atoms with Crippen LogP contribution in [0.1, 0.15) is 13.3 Å². The number of nitrogens with one attached hydrogen (secondary N) is 1. The summed E-state index contributed by atoms with van der Waals surface area (Å²) in [5.74, 6) is -0.0556. The minimum atomic E-state index is -3.71. The third-order valence-corrected chi connectivity index (χ3v) is 3.90. The number of ether oxygens (including phenoxy) is 2. The number of esters is 1. The summed E-state index contributed by atoms with van der Waals surface area (Å²) in [6.07, 6.45) is -0.0291. The summed E-state index contributed by atoms with van der Waals surface area (Å²) in [4.78, 5) is 11.1. The van der Waals surface area contributed by atoms with Crippen molar-refractivity contribution in [3.8, 4) is 5.75 Å². The molecule has 3 N–H and O–H groups in total. The Morgan fingerprint density at radius 1 is 1.40 bits per heavy atom. The first kappa shape index (κ1) is 16.3. The monoisotopic (exact) mass is 302 g/mol. The molecule has 1 aromatic rings. The highest BCUT2D eigenvalue weighted by Crippen LogP contribution is 2.24. The maximum atomic E-state index is 12.0. The van der Waals surface area contributed by atoms with Gasteiger partial charge < -0.3 is 15.2 Å². The summed E-state index contributed by atoms with van der Waals surface area (Å²) >= 11 is 0. The van der Waals surface area contributed by atoms with Crippen LogP contribution in [0.3, 0.4) is 0 Å². The minimum Gasteiger partial charge on any atom is -0.495 e. The smallest absolute Gasteiger partial charge is 0.307 e. The number of carbonyl (C=O) groups excluding carboxylic acids is 1. The summed E-state index contributed by atoms with van der Waals surface area (Å²) in [6, 6.07) is 4.14. The average molecular weight is 302 g/mol. The maximum Gasteiger partial charge on any atom is 0.307 e. The van der Waals surface area contributed by atoms with E-state index in [1.165, 1.54) is 25.3 Å². The molecule has 0 aliphatic carbocycles. The fraction of sp³-hybridized carbons (Fsp3) is 0.417. The SMILES string of the molecule is CCOC(=O)CCNS(=O)(=O)c1ccc(OC)c(N)c1. The molecule has 0 fully saturated rings. The van der Waals surface area contributed by atoms with Crippen molar-refractivity contribution < 1.29 is 22.7 Å². The van der Waals surface area contributed by atoms with Crippen molar-refractivity contribution in [3.05, 3.63) is 18.2 Å². The van der Waals surface area contributed by atoms with Crippen molar-refractivity contribution in [1.29, 1.82) is 0 Å². The third-order valence-electron chi connectivity index (χ3n) is 2.44. The van der Waals surface area contributed by atoms with Gasteiger partial charge in [-0.2, -0.15) is 0 Å². The summed E-state index contributed by atoms with van der Waals surface area (Å²) in [7, 11) is -2.27. The standard InChI is InChI=1S/C12H18N2O5S/c1-3-19-12(15)6-7-14-20(16,17)9-4-5-11(18-2)10(13)8-9/h4-5,8,14H,3,6-7,13H2,1-2H3. The number of rotatable bonds is 7. The fourth-order valence-corrected chi connectivity index (χ4v) is 2.55. The molecule has 7 nitrogen and oxygen atoms in total. The number of methoxy groups -OCH3 is 1. The Morgan fingerprint density at radius 2 is 2.10 bits per heavy atom. The molecule has 112 valence electrons. The molecule has 0 spiro atoms. The highest BCUT2D eigenvalue weighted by atomic mass is 32.2. The molecular weight excluding hydrogens is 284 g/mol. The normalized spacial score (nSPS) is 11.1. The molecule has 0 unspecified atom stereocenters. The first-order chi connectivity index (χ1) is 9.40. The summed E-state index contributed by atoms with van der Waals surface area (Å²) in [5, 5.41) is 0. The third kappa shape index (κ3) is 4.39. The van der Waals surface area contributed by atoms with Gasteiger partial charge in [0, 0.05) is 6.54 Å². The van der Waals surface area contributed by atoms with Crippen LogP contribution in [0, 0.1) is 0 Å². The zero-order valence-electron chi connectivity index (χ0n) is 11.4. The van der Waals surface area contributed by atoms with Gasteiger partial charge in [0.05, 0.1) is 30.7 Å². The van der Waals surface area contributed by atoms with E-state index in [-0.39, 0.29) is 30.2 Å². The van der Waals surface area contributed by atoms with E-state index in [1.54, 1.807) is 6.92 Å². The van der Waals surface area contributed by atoms with Crippen molar-refractivity contribution in [2.75, 3.05) is 26.0 Å². The van der Waals surface area contributed by atoms with Crippen molar-refractivity contribution in [3.63, 3.8) is 0 Å². The number of hydrogen-bond acceptors (Lipinski definition) is 6. The zero-order chi connectivity index (χ0) is 15.2. The van der Waals surface area contributed by atoms with Gasteiger partial charge in [0.1, 0.15) is 5.75 Å². The van der Waals surface area contributed by atoms with Crippen LogP contribution in [0.2, 0.25) is 0 Å². The summed E-state index contributed by atoms with van der Waals surface area (Å²) in [6.45, 7) is 1.91. The quantitative estimate of drug-likeness (QED) is 0.561. The molecule has 8 heteroatoms. The Bertz CT molecular complexity index is 571. The lowest BCUT2D eigenvalue weighted by molar-refractivity contribution is -0.142. The topological polar surface area (TPSA) is 108 Å². The molecule has 0 heterocycles. The van der Waals surface area contributed by atoms with Crippen LogP contribution in [0.5, 0.6) is 5.75 Å². The van der Waals surface area contributed by atoms with Crippen LogP contribution in [-0.2, 0) is 19.6 Å². The largest absolute Gasteiger partial charge is 0.495 e. The van der Waals surface area contributed by atoms with E-state index in [0.29, 0.717) is 5.75 Å². The van der Waals surface area contributed by atoms with Gasteiger partial charge in [0.25, 0.3) is 0 Å². The van der Waals surface area contributed by atoms with Gasteiger partial charge in [-0.05, 0) is 25.1 Å². The van der Waals surface area contributed by atoms with Gasteiger partial charge in [-0.1, -0.05) is 0 Å². The molecule has 0 saturated heterocycles.